The van der Waals surface area contributed by atoms with Gasteiger partial charge >= 0.3 is 0 Å². The second-order valence-corrected chi connectivity index (χ2v) is 9.19. The monoisotopic (exact) mass is 297 g/mol. The molecule has 0 saturated heterocycles. The van der Waals surface area contributed by atoms with Gasteiger partial charge in [-0.1, -0.05) is 0 Å². The topological polar surface area (TPSA) is 49.9 Å². The van der Waals surface area contributed by atoms with Gasteiger partial charge in [-0.3, -0.25) is 4.57 Å². The van der Waals surface area contributed by atoms with Gasteiger partial charge in [0, 0.05) is 0 Å². The highest BCUT2D eigenvalue weighted by atomic mass is 36.0. The van der Waals surface area contributed by atoms with Crippen molar-refractivity contribution in [3.63, 3.8) is 0 Å². The van der Waals surface area contributed by atoms with Gasteiger partial charge in [0.1, 0.15) is 0 Å². The quantitative estimate of drug-likeness (QED) is 0.587. The molecule has 0 spiro atoms. The summed E-state index contributed by atoms with van der Waals surface area (Å²) in [6, 6.07) is 0. The summed E-state index contributed by atoms with van der Waals surface area (Å²) in [5, 5.41) is 0. The van der Waals surface area contributed by atoms with Crippen molar-refractivity contribution in [2.24, 2.45) is 0 Å². The van der Waals surface area contributed by atoms with Crippen molar-refractivity contribution < 1.29 is 9.12 Å². The third-order valence-corrected chi connectivity index (χ3v) is 4.69. The first kappa shape index (κ1) is 18.4. The van der Waals surface area contributed by atoms with Crippen LogP contribution in [0.25, 0.3) is 0 Å². The number of hydrogen-bond donors (Lipinski definition) is 0. The summed E-state index contributed by atoms with van der Waals surface area (Å²) in [5.74, 6) is 0. The molecular weight excluding hydrogens is 280 g/mol. The fourth-order valence-corrected chi connectivity index (χ4v) is 3.22. The molecule has 0 aliphatic heterocycles. The van der Waals surface area contributed by atoms with Crippen LogP contribution in [0.5, 0.6) is 0 Å². The van der Waals surface area contributed by atoms with Crippen molar-refractivity contribution in [2.75, 3.05) is 42.3 Å². The first-order valence-electron chi connectivity index (χ1n) is 3.94. The first-order valence-corrected chi connectivity index (χ1v) is 8.31. The van der Waals surface area contributed by atoms with Gasteiger partial charge in [-0.05, 0) is 42.3 Å². The Balaban J connectivity index is 0. The molecule has 0 atom stereocenters. The van der Waals surface area contributed by atoms with Crippen LogP contribution in [-0.4, -0.2) is 60.9 Å². The van der Waals surface area contributed by atoms with E-state index in [0.29, 0.717) is 0 Å². The van der Waals surface area contributed by atoms with E-state index in [1.54, 1.807) is 14.0 Å². The van der Waals surface area contributed by atoms with Crippen molar-refractivity contribution in [2.45, 2.75) is 0 Å². The standard InChI is InChI=1S/C6H18N3OP.Cl2OS/c1-7(2)11(10,8(3)4)9(5)6;1-4(2)3/h1-6H3;. The zero-order chi connectivity index (χ0) is 12.8. The average Bonchev–Trinajstić information content (AvgIpc) is 2.00. The van der Waals surface area contributed by atoms with E-state index in [9.17, 15) is 4.57 Å². The molecule has 0 bridgehead atoms. The Morgan fingerprint density at radius 2 is 1.07 bits per heavy atom. The summed E-state index contributed by atoms with van der Waals surface area (Å²) >= 11 is 0. The fourth-order valence-electron chi connectivity index (χ4n) is 1.07. The maximum absolute atomic E-state index is 12.1. The van der Waals surface area contributed by atoms with Gasteiger partial charge in [-0.25, -0.2) is 14.0 Å². The molecular formula is C6H18Cl2N3O2PS. The summed E-state index contributed by atoms with van der Waals surface area (Å²) in [7, 11) is 15.8. The zero-order valence-electron chi connectivity index (χ0n) is 9.77. The van der Waals surface area contributed by atoms with E-state index in [0.717, 1.165) is 0 Å². The smallest absolute Gasteiger partial charge is 0.285 e. The molecule has 5 nitrogen and oxygen atoms in total. The van der Waals surface area contributed by atoms with E-state index >= 15 is 0 Å². The van der Waals surface area contributed by atoms with E-state index in [2.05, 4.69) is 21.4 Å². The van der Waals surface area contributed by atoms with Crippen molar-refractivity contribution in [1.82, 2.24) is 14.0 Å². The van der Waals surface area contributed by atoms with Crippen LogP contribution in [0.3, 0.4) is 0 Å². The maximum Gasteiger partial charge on any atom is 0.285 e. The second kappa shape index (κ2) is 8.14. The van der Waals surface area contributed by atoms with Gasteiger partial charge in [0.25, 0.3) is 7.59 Å². The predicted molar refractivity (Wildman–Crippen MR) is 68.5 cm³/mol. The van der Waals surface area contributed by atoms with E-state index in [-0.39, 0.29) is 0 Å². The molecule has 9 heteroatoms. The Morgan fingerprint density at radius 1 is 0.933 bits per heavy atom. The molecule has 0 aromatic carbocycles. The minimum Gasteiger partial charge on any atom is -0.582 e. The van der Waals surface area contributed by atoms with Gasteiger partial charge < -0.3 is 4.55 Å². The van der Waals surface area contributed by atoms with Crippen molar-refractivity contribution in [3.05, 3.63) is 0 Å². The summed E-state index contributed by atoms with van der Waals surface area (Å²) in [6.07, 6.45) is 0. The van der Waals surface area contributed by atoms with Gasteiger partial charge in [-0.2, -0.15) is 0 Å². The fraction of sp³-hybridized carbons (Fsp3) is 1.00. The highest BCUT2D eigenvalue weighted by Crippen LogP contribution is 2.50. The number of hydrogen-bond acceptors (Lipinski definition) is 2. The largest absolute Gasteiger partial charge is 0.582 e. The van der Waals surface area contributed by atoms with Crippen LogP contribution in [-0.2, 0) is 14.2 Å². The lowest BCUT2D eigenvalue weighted by molar-refractivity contribution is 0.383. The van der Waals surface area contributed by atoms with Gasteiger partial charge in [0.2, 0.25) is 0 Å². The lowest BCUT2D eigenvalue weighted by Crippen LogP contribution is -2.30. The highest BCUT2D eigenvalue weighted by molar-refractivity contribution is 8.31. The second-order valence-electron chi connectivity index (χ2n) is 3.24. The predicted octanol–water partition coefficient (Wildman–Crippen LogP) is 1.82. The normalized spacial score (nSPS) is 12.3. The number of halogens is 2. The minimum atomic E-state index is -2.44. The molecule has 0 aliphatic carbocycles. The maximum atomic E-state index is 12.1. The SMILES string of the molecule is CN(C)P(=O)(N(C)C)N(C)C.[O-][S+](Cl)Cl. The Hall–Kier alpha value is 1.00. The zero-order valence-corrected chi connectivity index (χ0v) is 13.0. The van der Waals surface area contributed by atoms with E-state index in [4.69, 9.17) is 4.55 Å². The van der Waals surface area contributed by atoms with Crippen LogP contribution < -0.4 is 0 Å². The lowest BCUT2D eigenvalue weighted by Gasteiger charge is -2.34. The molecule has 15 heavy (non-hydrogen) atoms. The van der Waals surface area contributed by atoms with Crippen LogP contribution >= 0.6 is 29.0 Å². The molecule has 94 valence electrons. The Morgan fingerprint density at radius 3 is 1.07 bits per heavy atom. The summed E-state index contributed by atoms with van der Waals surface area (Å²) in [5.41, 5.74) is 0. The van der Waals surface area contributed by atoms with Crippen molar-refractivity contribution in [3.8, 4) is 0 Å². The van der Waals surface area contributed by atoms with Gasteiger partial charge in [-0.15, -0.1) is 0 Å². The van der Waals surface area contributed by atoms with Crippen molar-refractivity contribution in [1.29, 1.82) is 0 Å². The molecule has 0 radical (unpaired) electrons. The molecule has 0 aromatic heterocycles. The Kier molecular flexibility index (Phi) is 9.97. The highest BCUT2D eigenvalue weighted by Gasteiger charge is 2.30. The molecule has 0 rings (SSSR count). The average molecular weight is 298 g/mol. The van der Waals surface area contributed by atoms with Crippen LogP contribution in [0.4, 0.5) is 0 Å². The van der Waals surface area contributed by atoms with E-state index in [1.807, 2.05) is 42.3 Å². The van der Waals surface area contributed by atoms with Crippen molar-refractivity contribution >= 4 is 38.6 Å². The van der Waals surface area contributed by atoms with E-state index < -0.39 is 17.2 Å². The summed E-state index contributed by atoms with van der Waals surface area (Å²) < 4.78 is 26.4. The molecule has 0 heterocycles. The molecule has 0 unspecified atom stereocenters. The van der Waals surface area contributed by atoms with E-state index in [1.165, 1.54) is 0 Å². The third-order valence-electron chi connectivity index (χ3n) is 1.56. The van der Waals surface area contributed by atoms with Crippen LogP contribution in [0, 0.1) is 0 Å². The third kappa shape index (κ3) is 7.02. The molecule has 0 aromatic rings. The lowest BCUT2D eigenvalue weighted by atomic mass is 11.2. The minimum absolute atomic E-state index is 1.67. The van der Waals surface area contributed by atoms with Crippen LogP contribution in [0.2, 0.25) is 0 Å². The van der Waals surface area contributed by atoms with Gasteiger partial charge in [0.15, 0.2) is 31.0 Å². The summed E-state index contributed by atoms with van der Waals surface area (Å²) in [6.45, 7) is 0. The van der Waals surface area contributed by atoms with Gasteiger partial charge in [0.05, 0.1) is 0 Å². The molecule has 0 aliphatic rings. The number of nitrogens with zero attached hydrogens (tertiary/aromatic N) is 3. The number of rotatable bonds is 3. The Bertz CT molecular complexity index is 185. The summed E-state index contributed by atoms with van der Waals surface area (Å²) in [4.78, 5) is 0. The molecule has 0 amide bonds. The first-order chi connectivity index (χ1) is 6.56. The Labute approximate surface area is 104 Å². The molecule has 0 saturated carbocycles. The van der Waals surface area contributed by atoms with Crippen LogP contribution in [0.1, 0.15) is 0 Å². The molecule has 0 N–H and O–H groups in total. The van der Waals surface area contributed by atoms with Crippen LogP contribution in [0.15, 0.2) is 0 Å². The molecule has 0 fully saturated rings.